The number of nitrogens with two attached hydrogens (primary N) is 11. The number of phenolic OH excluding ortho intramolecular Hbond substituents is 2. The van der Waals surface area contributed by atoms with Gasteiger partial charge in [0.25, 0.3) is 0 Å². The molecule has 5 rings (SSSR count). The van der Waals surface area contributed by atoms with Gasteiger partial charge in [0, 0.05) is 23.5 Å². The summed E-state index contributed by atoms with van der Waals surface area (Å²) in [5, 5.41) is 169. The molecule has 4 aromatic rings. The normalized spacial score (nSPS) is 15.1. The number of aromatic hydroxyl groups is 2. The lowest BCUT2D eigenvalue weighted by atomic mass is 10.1. The monoisotopic (exact) mass is 1530 g/mol. The molecule has 15 atom stereocenters. The highest BCUT2D eigenvalue weighted by molar-refractivity contribution is 5.84. The van der Waals surface area contributed by atoms with Gasteiger partial charge in [0.15, 0.2) is 0 Å². The van der Waals surface area contributed by atoms with Crippen LogP contribution in [0.25, 0.3) is 10.9 Å². The number of carboxylic acids is 12. The number of rotatable bonds is 24. The number of aliphatic hydroxyl groups excluding tert-OH is 6. The Kier molecular flexibility index (Phi) is 63.9. The first-order valence-electron chi connectivity index (χ1n) is 30.4. The molecule has 0 spiro atoms. The summed E-state index contributed by atoms with van der Waals surface area (Å²) in [6.45, 7) is 6.18. The third-order valence-corrected chi connectivity index (χ3v) is 11.9. The quantitative estimate of drug-likeness (QED) is 0.0310. The molecule has 0 radical (unpaired) electrons. The Labute approximate surface area is 605 Å². The van der Waals surface area contributed by atoms with Crippen LogP contribution in [-0.4, -0.2) is 296 Å². The molecule has 0 amide bonds. The van der Waals surface area contributed by atoms with Crippen LogP contribution in [-0.2, 0) is 76.8 Å². The molecule has 45 nitrogen and oxygen atoms in total. The molecular formula is C61H105N13O32. The molecule has 1 aliphatic rings. The van der Waals surface area contributed by atoms with Gasteiger partial charge in [-0.05, 0) is 114 Å². The zero-order valence-electron chi connectivity index (χ0n) is 58.2. The number of benzene rings is 3. The fourth-order valence-electron chi connectivity index (χ4n) is 5.32. The lowest BCUT2D eigenvalue weighted by molar-refractivity contribution is -0.141. The molecule has 44 N–H and O–H groups in total. The molecule has 0 unspecified atom stereocenters. The third-order valence-electron chi connectivity index (χ3n) is 11.9. The summed E-state index contributed by atoms with van der Waals surface area (Å²) in [5.41, 5.74) is 58.4. The number of carboxylic acid groups (broad SMARTS) is 12. The van der Waals surface area contributed by atoms with Crippen molar-refractivity contribution in [2.45, 2.75) is 158 Å². The van der Waals surface area contributed by atoms with Gasteiger partial charge in [0.05, 0.1) is 38.1 Å². The van der Waals surface area contributed by atoms with Crippen molar-refractivity contribution in [1.29, 1.82) is 0 Å². The minimum absolute atomic E-state index is 0.160. The standard InChI is InChI=1S/C11H12N2O2.2C9H11NO3.C5H9NO2.3C4H9NO3.3C3H7NO3.2C3H7NO2/c12-9(11(14)15)5-7-6-13-10-4-2-1-3-8(7)10;2*10-8(9(12)13)5-6-1-3-7(11)4-2-6;7-5(8)4-2-1-3-6-4;3*1-2(6)3(5)4(7)8;3*4-2(1-5)3(6)7;2*1-2(4)3(5)6/h1-4,6,9,13H,5,12H2,(H,14,15);2*1-4,8,11H,5,10H2,(H,12,13);4,6H,1-3H2,(H,7,8);3*2-3,6H,5H2,1H3,(H,7,8);3*2,5H,1,4H2,(H,6,7);2*2H,4H2,1H3,(H,5,6)/t9-;2*8-;4-;3*2-,3+;5*2-/m000011100000/s1. The Balaban J connectivity index is -0.000000205. The van der Waals surface area contributed by atoms with E-state index in [0.29, 0.717) is 6.42 Å². The largest absolute Gasteiger partial charge is 0.508 e. The predicted molar refractivity (Wildman–Crippen MR) is 374 cm³/mol. The summed E-state index contributed by atoms with van der Waals surface area (Å²) in [7, 11) is 0. The second-order valence-electron chi connectivity index (χ2n) is 21.6. The van der Waals surface area contributed by atoms with Crippen LogP contribution in [0.4, 0.5) is 0 Å². The minimum Gasteiger partial charge on any atom is -0.508 e. The van der Waals surface area contributed by atoms with Crippen molar-refractivity contribution in [3.8, 4) is 11.5 Å². The van der Waals surface area contributed by atoms with Gasteiger partial charge in [0.2, 0.25) is 0 Å². The lowest BCUT2D eigenvalue weighted by Crippen LogP contribution is -2.39. The van der Waals surface area contributed by atoms with Crippen LogP contribution in [0.15, 0.2) is 79.0 Å². The van der Waals surface area contributed by atoms with Crippen molar-refractivity contribution < 1.29 is 160 Å². The molecule has 45 heteroatoms. The van der Waals surface area contributed by atoms with Gasteiger partial charge in [0.1, 0.15) is 84.0 Å². The first kappa shape index (κ1) is 109. The van der Waals surface area contributed by atoms with Crippen molar-refractivity contribution in [3.63, 3.8) is 0 Å². The van der Waals surface area contributed by atoms with Crippen LogP contribution in [0.1, 0.15) is 64.2 Å². The van der Waals surface area contributed by atoms with E-state index in [1.807, 2.05) is 30.5 Å². The molecule has 1 aliphatic heterocycles. The van der Waals surface area contributed by atoms with Gasteiger partial charge in [-0.3, -0.25) is 57.5 Å². The number of aromatic nitrogens is 1. The number of aliphatic carboxylic acids is 12. The molecule has 2 heterocycles. The molecule has 1 aromatic heterocycles. The van der Waals surface area contributed by atoms with Gasteiger partial charge in [-0.25, -0.2) is 0 Å². The molecule has 1 fully saturated rings. The van der Waals surface area contributed by atoms with Crippen molar-refractivity contribution in [2.24, 2.45) is 63.1 Å². The number of phenols is 2. The fraction of sp³-hybridized carbons (Fsp3) is 0.475. The predicted octanol–water partition coefficient (Wildman–Crippen LogP) is -8.02. The molecule has 0 aliphatic carbocycles. The number of para-hydroxylation sites is 1. The zero-order chi connectivity index (χ0) is 84.6. The number of hydrogen-bond donors (Lipinski definition) is 33. The van der Waals surface area contributed by atoms with Crippen molar-refractivity contribution >= 4 is 82.5 Å². The van der Waals surface area contributed by atoms with Crippen molar-refractivity contribution in [2.75, 3.05) is 26.4 Å². The second-order valence-corrected chi connectivity index (χ2v) is 21.6. The summed E-state index contributed by atoms with van der Waals surface area (Å²) in [6.07, 6.45) is 1.55. The zero-order valence-corrected chi connectivity index (χ0v) is 58.2. The first-order valence-corrected chi connectivity index (χ1v) is 30.4. The maximum atomic E-state index is 10.6. The van der Waals surface area contributed by atoms with E-state index in [1.54, 1.807) is 24.3 Å². The maximum absolute atomic E-state index is 10.6. The van der Waals surface area contributed by atoms with Crippen LogP contribution < -0.4 is 68.4 Å². The van der Waals surface area contributed by atoms with Crippen LogP contribution in [0.3, 0.4) is 0 Å². The Morgan fingerprint density at radius 1 is 0.387 bits per heavy atom. The second kappa shape index (κ2) is 62.1. The summed E-state index contributed by atoms with van der Waals surface area (Å²) in [5.74, 6) is -12.4. The van der Waals surface area contributed by atoms with Gasteiger partial charge in [-0.1, -0.05) is 42.5 Å². The molecular weight excluding hydrogens is 1430 g/mol. The third kappa shape index (κ3) is 61.2. The Bertz CT molecular complexity index is 2950. The minimum atomic E-state index is -1.18. The van der Waals surface area contributed by atoms with E-state index in [0.717, 1.165) is 47.0 Å². The maximum Gasteiger partial charge on any atom is 0.323 e. The van der Waals surface area contributed by atoms with E-state index < -0.39 is 176 Å². The van der Waals surface area contributed by atoms with Crippen LogP contribution in [0.2, 0.25) is 0 Å². The fourth-order valence-corrected chi connectivity index (χ4v) is 5.32. The number of carbonyl (C=O) groups is 12. The summed E-state index contributed by atoms with van der Waals surface area (Å²) in [6, 6.07) is 9.18. The van der Waals surface area contributed by atoms with E-state index >= 15 is 0 Å². The van der Waals surface area contributed by atoms with E-state index in [4.69, 9.17) is 165 Å². The Morgan fingerprint density at radius 3 is 0.830 bits per heavy atom. The average Bonchev–Trinajstić information content (AvgIpc) is 1.69. The Morgan fingerprint density at radius 2 is 0.651 bits per heavy atom. The molecule has 1 saturated heterocycles. The number of aliphatic hydroxyl groups is 6. The summed E-state index contributed by atoms with van der Waals surface area (Å²) >= 11 is 0. The van der Waals surface area contributed by atoms with Crippen LogP contribution in [0.5, 0.6) is 11.5 Å². The summed E-state index contributed by atoms with van der Waals surface area (Å²) < 4.78 is 0. The number of H-pyrrole nitrogens is 1. The van der Waals surface area contributed by atoms with Gasteiger partial charge in [-0.15, -0.1) is 0 Å². The van der Waals surface area contributed by atoms with Gasteiger partial charge in [-0.2, -0.15) is 0 Å². The van der Waals surface area contributed by atoms with Gasteiger partial charge < -0.3 is 176 Å². The van der Waals surface area contributed by atoms with Crippen molar-refractivity contribution in [3.05, 3.63) is 95.7 Å². The average molecular weight is 1530 g/mol. The van der Waals surface area contributed by atoms with E-state index in [2.05, 4.69) is 10.3 Å². The van der Waals surface area contributed by atoms with E-state index in [-0.39, 0.29) is 30.4 Å². The van der Waals surface area contributed by atoms with Crippen LogP contribution in [0, 0.1) is 0 Å². The van der Waals surface area contributed by atoms with E-state index in [1.165, 1.54) is 58.9 Å². The highest BCUT2D eigenvalue weighted by Gasteiger charge is 2.22. The topological polar surface area (TPSA) is 923 Å². The molecule has 106 heavy (non-hydrogen) atoms. The molecule has 0 bridgehead atoms. The molecule has 0 saturated carbocycles. The van der Waals surface area contributed by atoms with Crippen LogP contribution >= 0.6 is 0 Å². The Hall–Kier alpha value is -10.3. The summed E-state index contributed by atoms with van der Waals surface area (Å²) in [4.78, 5) is 122. The number of fused-ring (bicyclic) bond motifs is 1. The number of nitrogens with one attached hydrogen (secondary N) is 2. The van der Waals surface area contributed by atoms with E-state index in [9.17, 15) is 57.5 Å². The number of aromatic amines is 1. The SMILES string of the molecule is C[C@@H](O)[C@H](N)C(=O)O.C[C@@H](O)[C@H](N)C(=O)O.C[C@@H](O)[C@H](N)C(=O)O.C[C@H](N)C(=O)O.C[C@H](N)C(=O)O.N[C@@H](CO)C(=O)O.N[C@@H](CO)C(=O)O.N[C@@H](CO)C(=O)O.N[C@@H](Cc1c[nH]c2ccccc12)C(=O)O.N[C@@H](Cc1ccc(O)cc1)C(=O)O.N[C@@H](Cc1ccc(O)cc1)C(=O)O.O=C(O)[C@@H]1CCCN1. The van der Waals surface area contributed by atoms with Crippen molar-refractivity contribution in [1.82, 2.24) is 10.3 Å². The number of hydrogen-bond acceptors (Lipinski definition) is 32. The van der Waals surface area contributed by atoms with Gasteiger partial charge >= 0.3 is 71.6 Å². The molecule has 606 valence electrons. The molecule has 3 aromatic carbocycles. The smallest absolute Gasteiger partial charge is 0.323 e. The lowest BCUT2D eigenvalue weighted by Gasteiger charge is -2.07. The highest BCUT2D eigenvalue weighted by atomic mass is 16.4. The highest BCUT2D eigenvalue weighted by Crippen LogP contribution is 2.19. The first-order chi connectivity index (χ1) is 48.7.